The van der Waals surface area contributed by atoms with Gasteiger partial charge < -0.3 is 19.7 Å². The zero-order valence-corrected chi connectivity index (χ0v) is 14.3. The Hall–Kier alpha value is -2.60. The SMILES string of the molecule is COc1cc(O)c2c(c1)/C=C/C[C@H](O)CC(=O)/C=C/[C@@H](C)COC2=O. The number of phenols is 1. The maximum atomic E-state index is 12.4. The summed E-state index contributed by atoms with van der Waals surface area (Å²) < 4.78 is 10.4. The average molecular weight is 346 g/mol. The van der Waals surface area contributed by atoms with Crippen molar-refractivity contribution in [3.05, 3.63) is 41.5 Å². The number of carbonyl (C=O) groups excluding carboxylic acids is 2. The largest absolute Gasteiger partial charge is 0.507 e. The fourth-order valence-corrected chi connectivity index (χ4v) is 2.44. The van der Waals surface area contributed by atoms with Crippen LogP contribution in [-0.2, 0) is 9.53 Å². The Morgan fingerprint density at radius 2 is 2.00 bits per heavy atom. The van der Waals surface area contributed by atoms with Crippen LogP contribution in [0, 0.1) is 5.92 Å². The number of hydrogen-bond acceptors (Lipinski definition) is 6. The number of ether oxygens (including phenoxy) is 2. The van der Waals surface area contributed by atoms with Crippen molar-refractivity contribution in [1.29, 1.82) is 0 Å². The van der Waals surface area contributed by atoms with Gasteiger partial charge in [-0.3, -0.25) is 4.79 Å². The molecule has 1 aromatic rings. The standard InChI is InChI=1S/C19H22O6/c1-12-6-7-15(21)9-14(20)5-3-4-13-8-16(24-2)10-17(22)18(13)19(23)25-11-12/h3-4,6-8,10,12,14,20,22H,5,9,11H2,1-2H3/b4-3+,7-6+/t12-,14+/m1/s1. The molecule has 0 aliphatic carbocycles. The third-order valence-corrected chi connectivity index (χ3v) is 3.79. The highest BCUT2D eigenvalue weighted by Gasteiger charge is 2.19. The predicted octanol–water partition coefficient (Wildman–Crippen LogP) is 2.49. The molecule has 0 amide bonds. The monoisotopic (exact) mass is 346 g/mol. The molecule has 2 N–H and O–H groups in total. The van der Waals surface area contributed by atoms with Gasteiger partial charge >= 0.3 is 5.97 Å². The summed E-state index contributed by atoms with van der Waals surface area (Å²) in [6.45, 7) is 1.87. The van der Waals surface area contributed by atoms with E-state index in [0.717, 1.165) is 0 Å². The van der Waals surface area contributed by atoms with Crippen LogP contribution >= 0.6 is 0 Å². The lowest BCUT2D eigenvalue weighted by atomic mass is 10.0. The Morgan fingerprint density at radius 3 is 2.72 bits per heavy atom. The van der Waals surface area contributed by atoms with E-state index in [1.165, 1.54) is 19.3 Å². The van der Waals surface area contributed by atoms with Crippen LogP contribution in [0.4, 0.5) is 0 Å². The number of phenolic OH excluding ortho intramolecular Hbond substituents is 1. The second-order valence-corrected chi connectivity index (χ2v) is 6.01. The Kier molecular flexibility index (Phi) is 6.36. The number of esters is 1. The van der Waals surface area contributed by atoms with Gasteiger partial charge in [-0.25, -0.2) is 4.79 Å². The minimum absolute atomic E-state index is 0.0174. The highest BCUT2D eigenvalue weighted by molar-refractivity contribution is 5.97. The van der Waals surface area contributed by atoms with Gasteiger partial charge in [0.25, 0.3) is 0 Å². The lowest BCUT2D eigenvalue weighted by Gasteiger charge is -2.13. The summed E-state index contributed by atoms with van der Waals surface area (Å²) in [6, 6.07) is 2.94. The number of carbonyl (C=O) groups is 2. The molecule has 0 fully saturated rings. The maximum absolute atomic E-state index is 12.4. The average Bonchev–Trinajstić information content (AvgIpc) is 2.56. The van der Waals surface area contributed by atoms with E-state index in [1.54, 1.807) is 31.2 Å². The molecule has 0 aromatic heterocycles. The number of aliphatic hydroxyl groups excluding tert-OH is 1. The Balaban J connectivity index is 2.40. The molecular formula is C19H22O6. The van der Waals surface area contributed by atoms with Gasteiger partial charge in [0.1, 0.15) is 17.1 Å². The van der Waals surface area contributed by atoms with Gasteiger partial charge in [0.2, 0.25) is 0 Å². The lowest BCUT2D eigenvalue weighted by Crippen LogP contribution is -2.14. The Bertz CT molecular complexity index is 704. The number of aliphatic hydroxyl groups is 1. The first-order valence-corrected chi connectivity index (χ1v) is 8.04. The van der Waals surface area contributed by atoms with E-state index in [4.69, 9.17) is 9.47 Å². The molecule has 6 heteroatoms. The number of aromatic hydroxyl groups is 1. The van der Waals surface area contributed by atoms with E-state index in [-0.39, 0.29) is 42.5 Å². The topological polar surface area (TPSA) is 93.1 Å². The van der Waals surface area contributed by atoms with Gasteiger partial charge in [0.05, 0.1) is 19.8 Å². The third kappa shape index (κ3) is 5.19. The van der Waals surface area contributed by atoms with Crippen LogP contribution in [0.3, 0.4) is 0 Å². The molecule has 2 atom stereocenters. The summed E-state index contributed by atoms with van der Waals surface area (Å²) in [5, 5.41) is 20.1. The molecule has 0 unspecified atom stereocenters. The van der Waals surface area contributed by atoms with E-state index in [9.17, 15) is 19.8 Å². The molecule has 1 heterocycles. The normalized spacial score (nSPS) is 24.6. The maximum Gasteiger partial charge on any atom is 0.342 e. The van der Waals surface area contributed by atoms with Crippen molar-refractivity contribution in [3.63, 3.8) is 0 Å². The number of fused-ring (bicyclic) bond motifs is 1. The summed E-state index contributed by atoms with van der Waals surface area (Å²) in [7, 11) is 1.45. The molecule has 25 heavy (non-hydrogen) atoms. The molecule has 0 radical (unpaired) electrons. The number of allylic oxidation sites excluding steroid dienone is 1. The van der Waals surface area contributed by atoms with E-state index < -0.39 is 12.1 Å². The summed E-state index contributed by atoms with van der Waals surface area (Å²) >= 11 is 0. The summed E-state index contributed by atoms with van der Waals surface area (Å²) in [6.07, 6.45) is 5.71. The first-order valence-electron chi connectivity index (χ1n) is 8.04. The second-order valence-electron chi connectivity index (χ2n) is 6.01. The van der Waals surface area contributed by atoms with Gasteiger partial charge in [0, 0.05) is 18.4 Å². The highest BCUT2D eigenvalue weighted by Crippen LogP contribution is 2.30. The summed E-state index contributed by atoms with van der Waals surface area (Å²) in [5.74, 6) is -0.871. The van der Waals surface area contributed by atoms with Crippen molar-refractivity contribution in [2.75, 3.05) is 13.7 Å². The Morgan fingerprint density at radius 1 is 1.24 bits per heavy atom. The van der Waals surface area contributed by atoms with Crippen LogP contribution in [0.15, 0.2) is 30.4 Å². The lowest BCUT2D eigenvalue weighted by molar-refractivity contribution is -0.116. The van der Waals surface area contributed by atoms with Crippen molar-refractivity contribution in [1.82, 2.24) is 0 Å². The predicted molar refractivity (Wildman–Crippen MR) is 92.5 cm³/mol. The molecule has 0 saturated heterocycles. The van der Waals surface area contributed by atoms with Crippen LogP contribution in [0.1, 0.15) is 35.7 Å². The van der Waals surface area contributed by atoms with Gasteiger partial charge in [0.15, 0.2) is 5.78 Å². The molecule has 1 aromatic carbocycles. The molecule has 1 aliphatic heterocycles. The van der Waals surface area contributed by atoms with Crippen LogP contribution in [0.2, 0.25) is 0 Å². The van der Waals surface area contributed by atoms with Crippen LogP contribution in [0.25, 0.3) is 6.08 Å². The molecule has 6 nitrogen and oxygen atoms in total. The molecular weight excluding hydrogens is 324 g/mol. The van der Waals surface area contributed by atoms with E-state index >= 15 is 0 Å². The molecule has 134 valence electrons. The van der Waals surface area contributed by atoms with Crippen LogP contribution < -0.4 is 4.74 Å². The zero-order chi connectivity index (χ0) is 18.4. The van der Waals surface area contributed by atoms with E-state index in [0.29, 0.717) is 11.3 Å². The van der Waals surface area contributed by atoms with Crippen molar-refractivity contribution in [3.8, 4) is 11.5 Å². The number of benzene rings is 1. The number of hydrogen-bond donors (Lipinski definition) is 2. The number of methoxy groups -OCH3 is 1. The van der Waals surface area contributed by atoms with Crippen LogP contribution in [0.5, 0.6) is 11.5 Å². The van der Waals surface area contributed by atoms with Crippen molar-refractivity contribution >= 4 is 17.8 Å². The zero-order valence-electron chi connectivity index (χ0n) is 14.3. The van der Waals surface area contributed by atoms with Crippen LogP contribution in [-0.4, -0.2) is 41.8 Å². The first kappa shape index (κ1) is 18.7. The summed E-state index contributed by atoms with van der Waals surface area (Å²) in [5.41, 5.74) is 0.455. The highest BCUT2D eigenvalue weighted by atomic mass is 16.5. The second kappa shape index (κ2) is 8.48. The Labute approximate surface area is 146 Å². The van der Waals surface area contributed by atoms with E-state index in [1.807, 2.05) is 0 Å². The first-order chi connectivity index (χ1) is 11.9. The summed E-state index contributed by atoms with van der Waals surface area (Å²) in [4.78, 5) is 24.1. The third-order valence-electron chi connectivity index (χ3n) is 3.79. The molecule has 0 spiro atoms. The van der Waals surface area contributed by atoms with Crippen molar-refractivity contribution < 1.29 is 29.3 Å². The van der Waals surface area contributed by atoms with E-state index in [2.05, 4.69) is 0 Å². The molecule has 0 bridgehead atoms. The molecule has 0 saturated carbocycles. The minimum atomic E-state index is -0.818. The number of rotatable bonds is 1. The number of cyclic esters (lactones) is 1. The van der Waals surface area contributed by atoms with Gasteiger partial charge in [-0.1, -0.05) is 25.2 Å². The smallest absolute Gasteiger partial charge is 0.342 e. The number of ketones is 1. The van der Waals surface area contributed by atoms with Crippen molar-refractivity contribution in [2.24, 2.45) is 5.92 Å². The molecule has 1 aliphatic rings. The van der Waals surface area contributed by atoms with Gasteiger partial charge in [-0.15, -0.1) is 0 Å². The van der Waals surface area contributed by atoms with Gasteiger partial charge in [-0.2, -0.15) is 0 Å². The molecule has 2 rings (SSSR count). The fraction of sp³-hybridized carbons (Fsp3) is 0.368. The fourth-order valence-electron chi connectivity index (χ4n) is 2.44. The van der Waals surface area contributed by atoms with Crippen molar-refractivity contribution in [2.45, 2.75) is 25.9 Å². The minimum Gasteiger partial charge on any atom is -0.507 e. The quantitative estimate of drug-likeness (QED) is 0.759. The van der Waals surface area contributed by atoms with Gasteiger partial charge in [-0.05, 0) is 24.1 Å².